The number of thioether (sulfide) groups is 1. The number of aromatic nitrogens is 1. The molecule has 0 aromatic carbocycles. The van der Waals surface area contributed by atoms with Gasteiger partial charge in [0.05, 0.1) is 11.9 Å². The predicted molar refractivity (Wildman–Crippen MR) is 62.6 cm³/mol. The molecule has 0 aliphatic carbocycles. The van der Waals surface area contributed by atoms with Gasteiger partial charge in [-0.1, -0.05) is 0 Å². The van der Waals surface area contributed by atoms with Crippen LogP contribution in [0.5, 0.6) is 0 Å². The van der Waals surface area contributed by atoms with E-state index in [0.717, 1.165) is 5.82 Å². The Labute approximate surface area is 88.5 Å². The van der Waals surface area contributed by atoms with Gasteiger partial charge in [-0.25, -0.2) is 4.98 Å². The van der Waals surface area contributed by atoms with Crippen molar-refractivity contribution in [3.8, 4) is 0 Å². The minimum atomic E-state index is 0.574. The fourth-order valence-corrected chi connectivity index (χ4v) is 2.63. The van der Waals surface area contributed by atoms with E-state index in [4.69, 9.17) is 5.73 Å². The average Bonchev–Trinajstić information content (AvgIpc) is 2.23. The summed E-state index contributed by atoms with van der Waals surface area (Å²) in [6.07, 6.45) is 4.24. The number of rotatable bonds is 2. The lowest BCUT2D eigenvalue weighted by Gasteiger charge is -2.22. The molecule has 3 N–H and O–H groups in total. The monoisotopic (exact) mass is 209 g/mol. The minimum absolute atomic E-state index is 0.574. The fourth-order valence-electron chi connectivity index (χ4n) is 1.55. The summed E-state index contributed by atoms with van der Waals surface area (Å²) in [6.45, 7) is 0. The Hall–Kier alpha value is -0.900. The number of anilines is 2. The van der Waals surface area contributed by atoms with Crippen molar-refractivity contribution in [2.45, 2.75) is 18.9 Å². The molecule has 1 aromatic heterocycles. The third-order valence-electron chi connectivity index (χ3n) is 2.30. The SMILES string of the molecule is Nc1ccc(NC2CCCSC2)nc1. The molecule has 2 rings (SSSR count). The number of nitrogens with two attached hydrogens (primary N) is 1. The van der Waals surface area contributed by atoms with Crippen LogP contribution in [0.1, 0.15) is 12.8 Å². The second-order valence-corrected chi connectivity index (χ2v) is 4.69. The molecule has 1 aliphatic heterocycles. The van der Waals surface area contributed by atoms with Crippen molar-refractivity contribution in [2.75, 3.05) is 22.6 Å². The van der Waals surface area contributed by atoms with Crippen molar-refractivity contribution in [1.29, 1.82) is 0 Å². The molecule has 3 nitrogen and oxygen atoms in total. The first kappa shape index (κ1) is 9.65. The van der Waals surface area contributed by atoms with Crippen LogP contribution in [-0.2, 0) is 0 Å². The summed E-state index contributed by atoms with van der Waals surface area (Å²) < 4.78 is 0. The highest BCUT2D eigenvalue weighted by atomic mass is 32.2. The maximum Gasteiger partial charge on any atom is 0.126 e. The van der Waals surface area contributed by atoms with Crippen LogP contribution in [0.15, 0.2) is 18.3 Å². The van der Waals surface area contributed by atoms with Gasteiger partial charge in [0.2, 0.25) is 0 Å². The quantitative estimate of drug-likeness (QED) is 0.782. The van der Waals surface area contributed by atoms with Gasteiger partial charge in [0.15, 0.2) is 0 Å². The van der Waals surface area contributed by atoms with Crippen molar-refractivity contribution >= 4 is 23.3 Å². The van der Waals surface area contributed by atoms with Gasteiger partial charge in [-0.05, 0) is 30.7 Å². The van der Waals surface area contributed by atoms with E-state index in [9.17, 15) is 0 Å². The van der Waals surface area contributed by atoms with Gasteiger partial charge >= 0.3 is 0 Å². The highest BCUT2D eigenvalue weighted by molar-refractivity contribution is 7.99. The average molecular weight is 209 g/mol. The first-order valence-corrected chi connectivity index (χ1v) is 6.06. The first-order chi connectivity index (χ1) is 6.84. The van der Waals surface area contributed by atoms with E-state index in [1.165, 1.54) is 24.3 Å². The molecule has 14 heavy (non-hydrogen) atoms. The van der Waals surface area contributed by atoms with Crippen molar-refractivity contribution in [3.63, 3.8) is 0 Å². The van der Waals surface area contributed by atoms with Crippen molar-refractivity contribution in [3.05, 3.63) is 18.3 Å². The minimum Gasteiger partial charge on any atom is -0.397 e. The lowest BCUT2D eigenvalue weighted by Crippen LogP contribution is -2.26. The number of nitrogen functional groups attached to an aromatic ring is 1. The highest BCUT2D eigenvalue weighted by Crippen LogP contribution is 2.20. The lowest BCUT2D eigenvalue weighted by atomic mass is 10.2. The number of nitrogens with one attached hydrogen (secondary N) is 1. The molecule has 0 radical (unpaired) electrons. The summed E-state index contributed by atoms with van der Waals surface area (Å²) in [5.41, 5.74) is 6.28. The van der Waals surface area contributed by atoms with Crippen LogP contribution in [0.25, 0.3) is 0 Å². The largest absolute Gasteiger partial charge is 0.397 e. The van der Waals surface area contributed by atoms with E-state index in [1.807, 2.05) is 23.9 Å². The molecule has 0 saturated carbocycles. The molecular weight excluding hydrogens is 194 g/mol. The Balaban J connectivity index is 1.92. The van der Waals surface area contributed by atoms with Gasteiger partial charge < -0.3 is 11.1 Å². The lowest BCUT2D eigenvalue weighted by molar-refractivity contribution is 0.682. The third-order valence-corrected chi connectivity index (χ3v) is 3.51. The Kier molecular flexibility index (Phi) is 3.14. The van der Waals surface area contributed by atoms with Crippen LogP contribution in [0.2, 0.25) is 0 Å². The van der Waals surface area contributed by atoms with Gasteiger partial charge in [-0.3, -0.25) is 0 Å². The molecule has 0 spiro atoms. The maximum atomic E-state index is 5.57. The fraction of sp³-hybridized carbons (Fsp3) is 0.500. The summed E-state index contributed by atoms with van der Waals surface area (Å²) in [7, 11) is 0. The Morgan fingerprint density at radius 2 is 2.43 bits per heavy atom. The van der Waals surface area contributed by atoms with E-state index in [-0.39, 0.29) is 0 Å². The summed E-state index contributed by atoms with van der Waals surface area (Å²) in [4.78, 5) is 4.23. The van der Waals surface area contributed by atoms with E-state index >= 15 is 0 Å². The molecule has 1 aromatic rings. The molecule has 76 valence electrons. The molecule has 1 fully saturated rings. The van der Waals surface area contributed by atoms with Crippen molar-refractivity contribution < 1.29 is 0 Å². The molecule has 0 bridgehead atoms. The van der Waals surface area contributed by atoms with Crippen molar-refractivity contribution in [1.82, 2.24) is 4.98 Å². The van der Waals surface area contributed by atoms with Crippen LogP contribution in [0, 0.1) is 0 Å². The Morgan fingerprint density at radius 3 is 3.07 bits per heavy atom. The summed E-state index contributed by atoms with van der Waals surface area (Å²) in [6, 6.07) is 4.39. The van der Waals surface area contributed by atoms with Crippen LogP contribution in [-0.4, -0.2) is 22.5 Å². The zero-order valence-corrected chi connectivity index (χ0v) is 8.89. The van der Waals surface area contributed by atoms with E-state index in [1.54, 1.807) is 6.20 Å². The first-order valence-electron chi connectivity index (χ1n) is 4.90. The van der Waals surface area contributed by atoms with Gasteiger partial charge in [-0.2, -0.15) is 11.8 Å². The Morgan fingerprint density at radius 1 is 1.50 bits per heavy atom. The number of hydrogen-bond donors (Lipinski definition) is 2. The number of nitrogens with zero attached hydrogens (tertiary/aromatic N) is 1. The van der Waals surface area contributed by atoms with Gasteiger partial charge in [0.1, 0.15) is 5.82 Å². The van der Waals surface area contributed by atoms with Crippen LogP contribution in [0.3, 0.4) is 0 Å². The smallest absolute Gasteiger partial charge is 0.126 e. The van der Waals surface area contributed by atoms with E-state index < -0.39 is 0 Å². The molecule has 1 atom stereocenters. The molecule has 4 heteroatoms. The summed E-state index contributed by atoms with van der Waals surface area (Å²) in [5, 5.41) is 3.42. The van der Waals surface area contributed by atoms with Crippen LogP contribution < -0.4 is 11.1 Å². The van der Waals surface area contributed by atoms with Gasteiger partial charge in [-0.15, -0.1) is 0 Å². The molecule has 0 amide bonds. The van der Waals surface area contributed by atoms with E-state index in [0.29, 0.717) is 11.7 Å². The normalized spacial score (nSPS) is 21.9. The highest BCUT2D eigenvalue weighted by Gasteiger charge is 2.13. The summed E-state index contributed by atoms with van der Waals surface area (Å²) in [5.74, 6) is 3.42. The third kappa shape index (κ3) is 2.54. The number of pyridine rings is 1. The van der Waals surface area contributed by atoms with Crippen LogP contribution >= 0.6 is 11.8 Å². The molecule has 1 aliphatic rings. The topological polar surface area (TPSA) is 50.9 Å². The standard InChI is InChI=1S/C10H15N3S/c11-8-3-4-10(12-6-8)13-9-2-1-5-14-7-9/h3-4,6,9H,1-2,5,7,11H2,(H,12,13). The zero-order chi connectivity index (χ0) is 9.80. The molecular formula is C10H15N3S. The predicted octanol–water partition coefficient (Wildman–Crippen LogP) is 1.97. The van der Waals surface area contributed by atoms with Gasteiger partial charge in [0, 0.05) is 11.8 Å². The Bertz CT molecular complexity index is 280. The van der Waals surface area contributed by atoms with Gasteiger partial charge in [0.25, 0.3) is 0 Å². The molecule has 1 unspecified atom stereocenters. The second kappa shape index (κ2) is 4.55. The summed E-state index contributed by atoms with van der Waals surface area (Å²) >= 11 is 2.01. The van der Waals surface area contributed by atoms with Crippen LogP contribution in [0.4, 0.5) is 11.5 Å². The van der Waals surface area contributed by atoms with E-state index in [2.05, 4.69) is 10.3 Å². The molecule has 1 saturated heterocycles. The van der Waals surface area contributed by atoms with Crippen molar-refractivity contribution in [2.24, 2.45) is 0 Å². The second-order valence-electron chi connectivity index (χ2n) is 3.54. The number of hydrogen-bond acceptors (Lipinski definition) is 4. The zero-order valence-electron chi connectivity index (χ0n) is 8.07. The maximum absolute atomic E-state index is 5.57. The molecule has 2 heterocycles.